The number of nitrogens with zero attached hydrogens (tertiary/aromatic N) is 5. The fraction of sp³-hybridized carbons (Fsp3) is 0.462. The van der Waals surface area contributed by atoms with E-state index in [0.29, 0.717) is 6.54 Å². The molecule has 2 fully saturated rings. The Kier molecular flexibility index (Phi) is 2.17. The van der Waals surface area contributed by atoms with Gasteiger partial charge in [0.05, 0.1) is 6.10 Å². The van der Waals surface area contributed by atoms with Crippen molar-refractivity contribution in [2.24, 2.45) is 5.41 Å². The van der Waals surface area contributed by atoms with Crippen LogP contribution < -0.4 is 4.90 Å². The lowest BCUT2D eigenvalue weighted by Crippen LogP contribution is -2.22. The van der Waals surface area contributed by atoms with Crippen LogP contribution in [-0.4, -0.2) is 43.8 Å². The monoisotopic (exact) mass is 257 g/mol. The molecule has 1 spiro atoms. The Morgan fingerprint density at radius 1 is 1.26 bits per heavy atom. The Hall–Kier alpha value is -1.95. The van der Waals surface area contributed by atoms with Crippen LogP contribution in [0.2, 0.25) is 0 Å². The van der Waals surface area contributed by atoms with Crippen LogP contribution in [-0.2, 0) is 0 Å². The minimum absolute atomic E-state index is 0.139. The van der Waals surface area contributed by atoms with Crippen molar-refractivity contribution in [3.05, 3.63) is 31.1 Å². The zero-order valence-corrected chi connectivity index (χ0v) is 10.5. The van der Waals surface area contributed by atoms with Crippen LogP contribution in [0.5, 0.6) is 0 Å². The lowest BCUT2D eigenvalue weighted by Gasteiger charge is -2.17. The molecule has 98 valence electrons. The summed E-state index contributed by atoms with van der Waals surface area (Å²) in [5, 5.41) is 10.1. The highest BCUT2D eigenvalue weighted by Gasteiger charge is 2.54. The van der Waals surface area contributed by atoms with E-state index in [1.807, 2.05) is 16.8 Å². The molecule has 1 N–H and O–H groups in total. The van der Waals surface area contributed by atoms with E-state index < -0.39 is 0 Å². The number of rotatable bonds is 2. The topological polar surface area (TPSA) is 67.1 Å². The molecule has 1 atom stereocenters. The number of β-amino-alcohol motifs (C(OH)–C–C–N with tert-alkyl or cyclic N) is 1. The van der Waals surface area contributed by atoms with Gasteiger partial charge in [-0.15, -0.1) is 0 Å². The lowest BCUT2D eigenvalue weighted by molar-refractivity contribution is 0.136. The summed E-state index contributed by atoms with van der Waals surface area (Å²) in [6.07, 6.45) is 8.89. The smallest absolute Gasteiger partial charge is 0.143 e. The van der Waals surface area contributed by atoms with E-state index >= 15 is 0 Å². The van der Waals surface area contributed by atoms with Gasteiger partial charge in [0.25, 0.3) is 0 Å². The van der Waals surface area contributed by atoms with Gasteiger partial charge in [0.2, 0.25) is 0 Å². The minimum atomic E-state index is -0.223. The largest absolute Gasteiger partial charge is 0.391 e. The highest BCUT2D eigenvalue weighted by atomic mass is 16.3. The number of hydrogen-bond acceptors (Lipinski definition) is 5. The molecule has 2 aliphatic rings. The normalized spacial score (nSPS) is 24.1. The zero-order valence-electron chi connectivity index (χ0n) is 10.5. The van der Waals surface area contributed by atoms with Crippen molar-refractivity contribution in [1.82, 2.24) is 19.5 Å². The van der Waals surface area contributed by atoms with Crippen molar-refractivity contribution >= 4 is 5.82 Å². The Labute approximate surface area is 110 Å². The van der Waals surface area contributed by atoms with Crippen molar-refractivity contribution in [2.75, 3.05) is 18.0 Å². The predicted octanol–water partition coefficient (Wildman–Crippen LogP) is 0.623. The number of hydrogen-bond donors (Lipinski definition) is 1. The highest BCUT2D eigenvalue weighted by molar-refractivity contribution is 5.46. The van der Waals surface area contributed by atoms with Crippen LogP contribution >= 0.6 is 0 Å². The third-order valence-electron chi connectivity index (χ3n) is 4.23. The van der Waals surface area contributed by atoms with E-state index in [1.54, 1.807) is 18.9 Å². The Morgan fingerprint density at radius 2 is 2.11 bits per heavy atom. The van der Waals surface area contributed by atoms with Crippen LogP contribution in [0.4, 0.5) is 5.82 Å². The second kappa shape index (κ2) is 3.77. The number of aromatic nitrogens is 4. The third kappa shape index (κ3) is 1.71. The number of aliphatic hydroxyl groups is 1. The van der Waals surface area contributed by atoms with Crippen molar-refractivity contribution < 1.29 is 5.11 Å². The van der Waals surface area contributed by atoms with Gasteiger partial charge in [-0.25, -0.2) is 15.0 Å². The molecule has 0 bridgehead atoms. The molecule has 0 aromatic carbocycles. The first-order valence-corrected chi connectivity index (χ1v) is 6.50. The maximum atomic E-state index is 10.1. The summed E-state index contributed by atoms with van der Waals surface area (Å²) in [5.41, 5.74) is 0.139. The molecule has 1 unspecified atom stereocenters. The fourth-order valence-electron chi connectivity index (χ4n) is 2.82. The quantitative estimate of drug-likeness (QED) is 0.854. The highest BCUT2D eigenvalue weighted by Crippen LogP contribution is 2.53. The fourth-order valence-corrected chi connectivity index (χ4v) is 2.82. The standard InChI is InChI=1S/C13H15N5O/c19-10-6-18(7-13(10)1-2-13)12-5-11(15-8-16-12)17-4-3-14-9-17/h3-5,8-10,19H,1-2,6-7H2. The third-order valence-corrected chi connectivity index (χ3v) is 4.23. The van der Waals surface area contributed by atoms with Crippen molar-refractivity contribution in [2.45, 2.75) is 18.9 Å². The zero-order chi connectivity index (χ0) is 12.9. The van der Waals surface area contributed by atoms with Crippen molar-refractivity contribution in [3.8, 4) is 5.82 Å². The summed E-state index contributed by atoms with van der Waals surface area (Å²) in [7, 11) is 0. The molecule has 0 amide bonds. The summed E-state index contributed by atoms with van der Waals surface area (Å²) < 4.78 is 1.85. The van der Waals surface area contributed by atoms with Gasteiger partial charge in [0.1, 0.15) is 24.3 Å². The number of aliphatic hydroxyl groups excluding tert-OH is 1. The second-order valence-corrected chi connectivity index (χ2v) is 5.46. The van der Waals surface area contributed by atoms with Gasteiger partial charge in [-0.2, -0.15) is 0 Å². The number of imidazole rings is 1. The second-order valence-electron chi connectivity index (χ2n) is 5.46. The Balaban J connectivity index is 1.64. The van der Waals surface area contributed by atoms with Crippen LogP contribution in [0.3, 0.4) is 0 Å². The van der Waals surface area contributed by atoms with Crippen LogP contribution in [0.25, 0.3) is 5.82 Å². The van der Waals surface area contributed by atoms with Gasteiger partial charge in [-0.05, 0) is 12.8 Å². The molecule has 0 radical (unpaired) electrons. The summed E-state index contributed by atoms with van der Waals surface area (Å²) in [6.45, 7) is 1.56. The average Bonchev–Trinajstić information content (AvgIpc) is 2.88. The van der Waals surface area contributed by atoms with E-state index in [-0.39, 0.29) is 11.5 Å². The van der Waals surface area contributed by atoms with Crippen LogP contribution in [0.1, 0.15) is 12.8 Å². The van der Waals surface area contributed by atoms with Gasteiger partial charge in [0, 0.05) is 37.0 Å². The molecule has 4 rings (SSSR count). The Morgan fingerprint density at radius 3 is 2.79 bits per heavy atom. The summed E-state index contributed by atoms with van der Waals surface area (Å²) >= 11 is 0. The summed E-state index contributed by atoms with van der Waals surface area (Å²) in [5.74, 6) is 1.68. The van der Waals surface area contributed by atoms with Gasteiger partial charge in [-0.3, -0.25) is 4.57 Å². The molecule has 19 heavy (non-hydrogen) atoms. The molecule has 1 saturated heterocycles. The Bertz CT molecular complexity index is 593. The van der Waals surface area contributed by atoms with Gasteiger partial charge >= 0.3 is 0 Å². The molecule has 3 heterocycles. The minimum Gasteiger partial charge on any atom is -0.391 e. The average molecular weight is 257 g/mol. The lowest BCUT2D eigenvalue weighted by atomic mass is 10.0. The summed E-state index contributed by atoms with van der Waals surface area (Å²) in [4.78, 5) is 14.7. The molecule has 2 aromatic rings. The van der Waals surface area contributed by atoms with E-state index in [1.165, 1.54) is 0 Å². The van der Waals surface area contributed by atoms with Gasteiger partial charge < -0.3 is 10.0 Å². The number of anilines is 1. The van der Waals surface area contributed by atoms with Crippen molar-refractivity contribution in [1.29, 1.82) is 0 Å². The molecule has 1 aliphatic carbocycles. The first-order valence-electron chi connectivity index (χ1n) is 6.50. The summed E-state index contributed by atoms with van der Waals surface area (Å²) in [6, 6.07) is 1.94. The molecule has 1 aliphatic heterocycles. The molecule has 6 heteroatoms. The predicted molar refractivity (Wildman–Crippen MR) is 69.0 cm³/mol. The van der Waals surface area contributed by atoms with Gasteiger partial charge in [-0.1, -0.05) is 0 Å². The SMILES string of the molecule is OC1CN(c2cc(-n3ccnc3)ncn2)CC12CC2. The molecule has 6 nitrogen and oxygen atoms in total. The van der Waals surface area contributed by atoms with E-state index in [2.05, 4.69) is 19.9 Å². The molecular formula is C13H15N5O. The maximum absolute atomic E-state index is 10.1. The van der Waals surface area contributed by atoms with Crippen LogP contribution in [0.15, 0.2) is 31.1 Å². The first-order chi connectivity index (χ1) is 9.27. The van der Waals surface area contributed by atoms with E-state index in [9.17, 15) is 5.11 Å². The maximum Gasteiger partial charge on any atom is 0.143 e. The molecular weight excluding hydrogens is 242 g/mol. The molecule has 2 aromatic heterocycles. The van der Waals surface area contributed by atoms with Crippen molar-refractivity contribution in [3.63, 3.8) is 0 Å². The first kappa shape index (κ1) is 10.9. The van der Waals surface area contributed by atoms with E-state index in [0.717, 1.165) is 31.0 Å². The molecule has 1 saturated carbocycles. The van der Waals surface area contributed by atoms with E-state index in [4.69, 9.17) is 0 Å². The van der Waals surface area contributed by atoms with Crippen LogP contribution in [0, 0.1) is 5.41 Å². The van der Waals surface area contributed by atoms with Gasteiger partial charge in [0.15, 0.2) is 0 Å².